The zero-order valence-corrected chi connectivity index (χ0v) is 11.1. The summed E-state index contributed by atoms with van der Waals surface area (Å²) < 4.78 is 28.5. The fourth-order valence-corrected chi connectivity index (χ4v) is 2.83. The van der Waals surface area contributed by atoms with Gasteiger partial charge in [0.05, 0.1) is 23.7 Å². The predicted octanol–water partition coefficient (Wildman–Crippen LogP) is 1.32. The van der Waals surface area contributed by atoms with Gasteiger partial charge >= 0.3 is 5.97 Å². The van der Waals surface area contributed by atoms with Gasteiger partial charge in [-0.2, -0.15) is 0 Å². The Bertz CT molecular complexity index is 581. The number of sulfone groups is 1. The lowest BCUT2D eigenvalue weighted by molar-refractivity contribution is -0.387. The zero-order valence-electron chi connectivity index (χ0n) is 10.2. The van der Waals surface area contributed by atoms with Crippen LogP contribution in [0.25, 0.3) is 0 Å². The van der Waals surface area contributed by atoms with E-state index in [9.17, 15) is 23.3 Å². The van der Waals surface area contributed by atoms with Crippen molar-refractivity contribution >= 4 is 21.5 Å². The third-order valence-electron chi connectivity index (χ3n) is 2.28. The molecule has 0 N–H and O–H groups in total. The fraction of sp³-hybridized carbons (Fsp3) is 0.364. The Morgan fingerprint density at radius 3 is 2.58 bits per heavy atom. The summed E-state index contributed by atoms with van der Waals surface area (Å²) in [6.07, 6.45) is -0.331. The van der Waals surface area contributed by atoms with E-state index < -0.39 is 32.2 Å². The SMILES string of the molecule is CCOC(=O)CCS(=O)(=O)c1ccccc1[N+](=O)[O-]. The van der Waals surface area contributed by atoms with Crippen LogP contribution in [-0.4, -0.2) is 31.7 Å². The van der Waals surface area contributed by atoms with Gasteiger partial charge in [-0.15, -0.1) is 0 Å². The number of esters is 1. The summed E-state index contributed by atoms with van der Waals surface area (Å²) in [6, 6.07) is 5.03. The number of para-hydroxylation sites is 1. The second-order valence-corrected chi connectivity index (χ2v) is 5.68. The minimum atomic E-state index is -3.89. The van der Waals surface area contributed by atoms with E-state index in [0.717, 1.165) is 12.1 Å². The second-order valence-electron chi connectivity index (χ2n) is 3.60. The van der Waals surface area contributed by atoms with Gasteiger partial charge in [0.2, 0.25) is 0 Å². The van der Waals surface area contributed by atoms with Crippen LogP contribution in [0.2, 0.25) is 0 Å². The maximum atomic E-state index is 12.0. The Morgan fingerprint density at radius 2 is 2.00 bits per heavy atom. The van der Waals surface area contributed by atoms with Crippen LogP contribution in [0.5, 0.6) is 0 Å². The van der Waals surface area contributed by atoms with E-state index in [1.165, 1.54) is 12.1 Å². The molecule has 1 rings (SSSR count). The molecule has 0 radical (unpaired) electrons. The number of nitro groups is 1. The first kappa shape index (κ1) is 15.1. The molecule has 1 aromatic carbocycles. The van der Waals surface area contributed by atoms with Gasteiger partial charge in [0.25, 0.3) is 5.69 Å². The second kappa shape index (κ2) is 6.28. The number of carbonyl (C=O) groups excluding carboxylic acids is 1. The van der Waals surface area contributed by atoms with Gasteiger partial charge in [0.15, 0.2) is 9.84 Å². The Kier molecular flexibility index (Phi) is 4.99. The van der Waals surface area contributed by atoms with Gasteiger partial charge in [-0.3, -0.25) is 14.9 Å². The predicted molar refractivity (Wildman–Crippen MR) is 66.4 cm³/mol. The maximum absolute atomic E-state index is 12.0. The number of ether oxygens (including phenoxy) is 1. The van der Waals surface area contributed by atoms with E-state index in [0.29, 0.717) is 0 Å². The first-order chi connectivity index (χ1) is 8.88. The normalized spacial score (nSPS) is 11.0. The van der Waals surface area contributed by atoms with E-state index in [4.69, 9.17) is 0 Å². The summed E-state index contributed by atoms with van der Waals surface area (Å²) in [7, 11) is -3.89. The molecule has 0 heterocycles. The highest BCUT2D eigenvalue weighted by Crippen LogP contribution is 2.24. The minimum absolute atomic E-state index is 0.157. The van der Waals surface area contributed by atoms with Crippen molar-refractivity contribution in [2.75, 3.05) is 12.4 Å². The van der Waals surface area contributed by atoms with Crippen LogP contribution < -0.4 is 0 Å². The zero-order chi connectivity index (χ0) is 14.5. The molecule has 8 heteroatoms. The Morgan fingerprint density at radius 1 is 1.37 bits per heavy atom. The number of nitro benzene ring substituents is 1. The van der Waals surface area contributed by atoms with Crippen LogP contribution in [0.15, 0.2) is 29.2 Å². The fourth-order valence-electron chi connectivity index (χ4n) is 1.43. The molecule has 0 bridgehead atoms. The lowest BCUT2D eigenvalue weighted by Gasteiger charge is -2.05. The number of nitrogens with zero attached hydrogens (tertiary/aromatic N) is 1. The van der Waals surface area contributed by atoms with Gasteiger partial charge in [-0.25, -0.2) is 8.42 Å². The van der Waals surface area contributed by atoms with Gasteiger partial charge in [0.1, 0.15) is 4.90 Å². The van der Waals surface area contributed by atoms with E-state index in [1.807, 2.05) is 0 Å². The van der Waals surface area contributed by atoms with Crippen LogP contribution in [0.3, 0.4) is 0 Å². The highest BCUT2D eigenvalue weighted by atomic mass is 32.2. The lowest BCUT2D eigenvalue weighted by atomic mass is 10.3. The number of benzene rings is 1. The topological polar surface area (TPSA) is 104 Å². The van der Waals surface area contributed by atoms with Crippen LogP contribution in [0, 0.1) is 10.1 Å². The van der Waals surface area contributed by atoms with Crippen LogP contribution >= 0.6 is 0 Å². The van der Waals surface area contributed by atoms with Crippen molar-refractivity contribution in [2.45, 2.75) is 18.2 Å². The summed E-state index contributed by atoms with van der Waals surface area (Å²) in [6.45, 7) is 1.76. The van der Waals surface area contributed by atoms with Crippen LogP contribution in [-0.2, 0) is 19.4 Å². The van der Waals surface area contributed by atoms with Crippen molar-refractivity contribution in [3.8, 4) is 0 Å². The molecule has 0 unspecified atom stereocenters. The third-order valence-corrected chi connectivity index (χ3v) is 4.03. The van der Waals surface area contributed by atoms with E-state index >= 15 is 0 Å². The molecular weight excluding hydrogens is 274 g/mol. The van der Waals surface area contributed by atoms with Crippen molar-refractivity contribution in [3.63, 3.8) is 0 Å². The number of hydrogen-bond acceptors (Lipinski definition) is 6. The summed E-state index contributed by atoms with van der Waals surface area (Å²) in [5.74, 6) is -1.17. The third kappa shape index (κ3) is 4.02. The minimum Gasteiger partial charge on any atom is -0.466 e. The van der Waals surface area contributed by atoms with Crippen molar-refractivity contribution in [2.24, 2.45) is 0 Å². The summed E-state index contributed by atoms with van der Waals surface area (Å²) in [4.78, 5) is 20.7. The molecule has 0 atom stereocenters. The average Bonchev–Trinajstić information content (AvgIpc) is 2.37. The van der Waals surface area contributed by atoms with Crippen molar-refractivity contribution in [3.05, 3.63) is 34.4 Å². The molecule has 0 saturated heterocycles. The molecule has 0 saturated carbocycles. The van der Waals surface area contributed by atoms with Crippen LogP contribution in [0.4, 0.5) is 5.69 Å². The molecule has 104 valence electrons. The molecule has 0 aliphatic rings. The molecule has 0 aliphatic heterocycles. The molecule has 1 aromatic rings. The van der Waals surface area contributed by atoms with E-state index in [-0.39, 0.29) is 17.9 Å². The van der Waals surface area contributed by atoms with Gasteiger partial charge < -0.3 is 4.74 Å². The maximum Gasteiger partial charge on any atom is 0.306 e. The number of carbonyl (C=O) groups is 1. The first-order valence-electron chi connectivity index (χ1n) is 5.50. The quantitative estimate of drug-likeness (QED) is 0.444. The molecule has 7 nitrogen and oxygen atoms in total. The average molecular weight is 287 g/mol. The molecule has 0 aromatic heterocycles. The lowest BCUT2D eigenvalue weighted by Crippen LogP contribution is -2.14. The van der Waals surface area contributed by atoms with Crippen molar-refractivity contribution < 1.29 is 22.9 Å². The Balaban J connectivity index is 2.95. The number of rotatable bonds is 6. The molecule has 0 amide bonds. The number of hydrogen-bond donors (Lipinski definition) is 0. The van der Waals surface area contributed by atoms with Crippen molar-refractivity contribution in [1.29, 1.82) is 0 Å². The monoisotopic (exact) mass is 287 g/mol. The van der Waals surface area contributed by atoms with Gasteiger partial charge in [0, 0.05) is 6.07 Å². The molecule has 19 heavy (non-hydrogen) atoms. The smallest absolute Gasteiger partial charge is 0.306 e. The molecule has 0 aliphatic carbocycles. The van der Waals surface area contributed by atoms with Crippen molar-refractivity contribution in [1.82, 2.24) is 0 Å². The first-order valence-corrected chi connectivity index (χ1v) is 7.15. The largest absolute Gasteiger partial charge is 0.466 e. The highest BCUT2D eigenvalue weighted by molar-refractivity contribution is 7.91. The molecule has 0 spiro atoms. The summed E-state index contributed by atoms with van der Waals surface area (Å²) in [5.41, 5.74) is -0.494. The van der Waals surface area contributed by atoms with Gasteiger partial charge in [-0.1, -0.05) is 12.1 Å². The Labute approximate surface area is 110 Å². The van der Waals surface area contributed by atoms with Crippen LogP contribution in [0.1, 0.15) is 13.3 Å². The van der Waals surface area contributed by atoms with Gasteiger partial charge in [-0.05, 0) is 13.0 Å². The van der Waals surface area contributed by atoms with E-state index in [2.05, 4.69) is 4.74 Å². The van der Waals surface area contributed by atoms with E-state index in [1.54, 1.807) is 6.92 Å². The standard InChI is InChI=1S/C11H13NO6S/c1-2-18-11(13)7-8-19(16,17)10-6-4-3-5-9(10)12(14)15/h3-6H,2,7-8H2,1H3. The molecule has 0 fully saturated rings. The summed E-state index contributed by atoms with van der Waals surface area (Å²) >= 11 is 0. The molecular formula is C11H13NO6S. The Hall–Kier alpha value is -1.96. The summed E-state index contributed by atoms with van der Waals surface area (Å²) in [5, 5.41) is 10.8. The highest BCUT2D eigenvalue weighted by Gasteiger charge is 2.25.